The molecule has 3 nitrogen and oxygen atoms in total. The maximum Gasteiger partial charge on any atom is 0.0563 e. The lowest BCUT2D eigenvalue weighted by molar-refractivity contribution is 0.0662. The van der Waals surface area contributed by atoms with Gasteiger partial charge in [-0.3, -0.25) is 4.68 Å². The SMILES string of the molecule is CCC(C)c1cnn(C2CCOCC2)c1. The highest BCUT2D eigenvalue weighted by atomic mass is 16.5. The van der Waals surface area contributed by atoms with Crippen molar-refractivity contribution in [2.45, 2.75) is 45.1 Å². The monoisotopic (exact) mass is 208 g/mol. The molecule has 0 bridgehead atoms. The van der Waals surface area contributed by atoms with Gasteiger partial charge in [-0.2, -0.15) is 5.10 Å². The van der Waals surface area contributed by atoms with Crippen LogP contribution in [0.1, 0.15) is 50.6 Å². The van der Waals surface area contributed by atoms with Gasteiger partial charge in [-0.15, -0.1) is 0 Å². The third-order valence-electron chi connectivity index (χ3n) is 3.37. The molecule has 1 atom stereocenters. The van der Waals surface area contributed by atoms with Crippen LogP contribution in [0.5, 0.6) is 0 Å². The molecule has 0 aromatic carbocycles. The first-order valence-corrected chi connectivity index (χ1v) is 5.93. The normalized spacial score (nSPS) is 20.4. The van der Waals surface area contributed by atoms with Crippen LogP contribution in [0.3, 0.4) is 0 Å². The second-order valence-corrected chi connectivity index (χ2v) is 4.41. The molecule has 2 rings (SSSR count). The number of nitrogens with zero attached hydrogens (tertiary/aromatic N) is 2. The zero-order valence-corrected chi connectivity index (χ0v) is 9.65. The Balaban J connectivity index is 2.05. The minimum Gasteiger partial charge on any atom is -0.381 e. The van der Waals surface area contributed by atoms with E-state index in [1.165, 1.54) is 12.0 Å². The van der Waals surface area contributed by atoms with E-state index in [1.807, 2.05) is 6.20 Å². The first kappa shape index (κ1) is 10.7. The van der Waals surface area contributed by atoms with Gasteiger partial charge < -0.3 is 4.74 Å². The molecule has 0 amide bonds. The van der Waals surface area contributed by atoms with Crippen molar-refractivity contribution in [3.63, 3.8) is 0 Å². The Hall–Kier alpha value is -0.830. The van der Waals surface area contributed by atoms with Crippen molar-refractivity contribution >= 4 is 0 Å². The molecule has 0 spiro atoms. The Morgan fingerprint density at radius 1 is 1.53 bits per heavy atom. The average Bonchev–Trinajstić information content (AvgIpc) is 2.78. The molecule has 0 radical (unpaired) electrons. The predicted molar refractivity (Wildman–Crippen MR) is 60.0 cm³/mol. The van der Waals surface area contributed by atoms with Crippen LogP contribution in [-0.4, -0.2) is 23.0 Å². The number of hydrogen-bond donors (Lipinski definition) is 0. The molecule has 1 saturated heterocycles. The fraction of sp³-hybridized carbons (Fsp3) is 0.750. The molecule has 1 aromatic heterocycles. The Kier molecular flexibility index (Phi) is 3.41. The second-order valence-electron chi connectivity index (χ2n) is 4.41. The van der Waals surface area contributed by atoms with E-state index >= 15 is 0 Å². The molecule has 1 fully saturated rings. The van der Waals surface area contributed by atoms with Gasteiger partial charge in [0.15, 0.2) is 0 Å². The van der Waals surface area contributed by atoms with Crippen LogP contribution in [0.25, 0.3) is 0 Å². The summed E-state index contributed by atoms with van der Waals surface area (Å²) < 4.78 is 7.48. The molecule has 1 aromatic rings. The first-order valence-electron chi connectivity index (χ1n) is 5.93. The number of hydrogen-bond acceptors (Lipinski definition) is 2. The molecular formula is C12H20N2O. The van der Waals surface area contributed by atoms with E-state index in [0.29, 0.717) is 12.0 Å². The van der Waals surface area contributed by atoms with E-state index in [0.717, 1.165) is 26.1 Å². The van der Waals surface area contributed by atoms with Gasteiger partial charge in [-0.25, -0.2) is 0 Å². The van der Waals surface area contributed by atoms with Gasteiger partial charge in [0.1, 0.15) is 0 Å². The summed E-state index contributed by atoms with van der Waals surface area (Å²) in [4.78, 5) is 0. The Labute approximate surface area is 91.4 Å². The largest absolute Gasteiger partial charge is 0.381 e. The summed E-state index contributed by atoms with van der Waals surface area (Å²) in [5.41, 5.74) is 1.36. The fourth-order valence-corrected chi connectivity index (χ4v) is 1.99. The molecule has 0 N–H and O–H groups in total. The molecule has 15 heavy (non-hydrogen) atoms. The van der Waals surface area contributed by atoms with Gasteiger partial charge in [0.05, 0.1) is 12.2 Å². The standard InChI is InChI=1S/C12H20N2O/c1-3-10(2)11-8-13-14(9-11)12-4-6-15-7-5-12/h8-10,12H,3-7H2,1-2H3. The molecular weight excluding hydrogens is 188 g/mol. The van der Waals surface area contributed by atoms with Gasteiger partial charge in [0.2, 0.25) is 0 Å². The van der Waals surface area contributed by atoms with Crippen LogP contribution < -0.4 is 0 Å². The molecule has 1 aliphatic heterocycles. The first-order chi connectivity index (χ1) is 7.31. The van der Waals surface area contributed by atoms with Gasteiger partial charge in [0, 0.05) is 19.4 Å². The maximum atomic E-state index is 5.36. The second kappa shape index (κ2) is 4.79. The highest BCUT2D eigenvalue weighted by Gasteiger charge is 2.17. The van der Waals surface area contributed by atoms with Gasteiger partial charge >= 0.3 is 0 Å². The van der Waals surface area contributed by atoms with Crippen molar-refractivity contribution in [1.82, 2.24) is 9.78 Å². The average molecular weight is 208 g/mol. The molecule has 2 heterocycles. The summed E-state index contributed by atoms with van der Waals surface area (Å²) in [6.07, 6.45) is 7.61. The van der Waals surface area contributed by atoms with Crippen molar-refractivity contribution < 1.29 is 4.74 Å². The van der Waals surface area contributed by atoms with Crippen molar-refractivity contribution in [1.29, 1.82) is 0 Å². The summed E-state index contributed by atoms with van der Waals surface area (Å²) in [6.45, 7) is 6.23. The summed E-state index contributed by atoms with van der Waals surface area (Å²) in [7, 11) is 0. The van der Waals surface area contributed by atoms with Crippen LogP contribution >= 0.6 is 0 Å². The van der Waals surface area contributed by atoms with Crippen LogP contribution in [0.2, 0.25) is 0 Å². The van der Waals surface area contributed by atoms with E-state index in [-0.39, 0.29) is 0 Å². The van der Waals surface area contributed by atoms with E-state index in [1.54, 1.807) is 0 Å². The number of ether oxygens (including phenoxy) is 1. The molecule has 0 aliphatic carbocycles. The van der Waals surface area contributed by atoms with E-state index in [4.69, 9.17) is 4.74 Å². The number of aromatic nitrogens is 2. The summed E-state index contributed by atoms with van der Waals surface area (Å²) >= 11 is 0. The summed E-state index contributed by atoms with van der Waals surface area (Å²) in [5.74, 6) is 0.624. The van der Waals surface area contributed by atoms with Crippen molar-refractivity contribution in [2.24, 2.45) is 0 Å². The van der Waals surface area contributed by atoms with Crippen molar-refractivity contribution in [3.8, 4) is 0 Å². The van der Waals surface area contributed by atoms with Gasteiger partial charge in [0.25, 0.3) is 0 Å². The predicted octanol–water partition coefficient (Wildman–Crippen LogP) is 2.75. The molecule has 84 valence electrons. The minimum atomic E-state index is 0.552. The minimum absolute atomic E-state index is 0.552. The van der Waals surface area contributed by atoms with E-state index < -0.39 is 0 Å². The Morgan fingerprint density at radius 2 is 2.27 bits per heavy atom. The van der Waals surface area contributed by atoms with E-state index in [2.05, 4.69) is 29.8 Å². The van der Waals surface area contributed by atoms with Crippen molar-refractivity contribution in [3.05, 3.63) is 18.0 Å². The lowest BCUT2D eigenvalue weighted by Crippen LogP contribution is -2.19. The highest BCUT2D eigenvalue weighted by molar-refractivity contribution is 5.10. The zero-order valence-electron chi connectivity index (χ0n) is 9.65. The third-order valence-corrected chi connectivity index (χ3v) is 3.37. The smallest absolute Gasteiger partial charge is 0.0563 e. The topological polar surface area (TPSA) is 27.1 Å². The lowest BCUT2D eigenvalue weighted by Gasteiger charge is -2.22. The number of rotatable bonds is 3. The van der Waals surface area contributed by atoms with E-state index in [9.17, 15) is 0 Å². The maximum absolute atomic E-state index is 5.36. The van der Waals surface area contributed by atoms with Crippen LogP contribution in [0, 0.1) is 0 Å². The van der Waals surface area contributed by atoms with Crippen molar-refractivity contribution in [2.75, 3.05) is 13.2 Å². The quantitative estimate of drug-likeness (QED) is 0.763. The molecule has 3 heteroatoms. The van der Waals surface area contributed by atoms with Gasteiger partial charge in [-0.1, -0.05) is 13.8 Å². The van der Waals surface area contributed by atoms with Crippen LogP contribution in [0.15, 0.2) is 12.4 Å². The van der Waals surface area contributed by atoms with Crippen LogP contribution in [0.4, 0.5) is 0 Å². The zero-order chi connectivity index (χ0) is 10.7. The molecule has 1 aliphatic rings. The van der Waals surface area contributed by atoms with Gasteiger partial charge in [-0.05, 0) is 30.7 Å². The lowest BCUT2D eigenvalue weighted by atomic mass is 10.0. The Bertz CT molecular complexity index is 302. The highest BCUT2D eigenvalue weighted by Crippen LogP contribution is 2.23. The summed E-state index contributed by atoms with van der Waals surface area (Å²) in [5, 5.41) is 4.47. The third kappa shape index (κ3) is 2.40. The molecule has 0 saturated carbocycles. The molecule has 1 unspecified atom stereocenters. The Morgan fingerprint density at radius 3 is 2.93 bits per heavy atom. The fourth-order valence-electron chi connectivity index (χ4n) is 1.99. The summed E-state index contributed by atoms with van der Waals surface area (Å²) in [6, 6.07) is 0.552. The van der Waals surface area contributed by atoms with Crippen LogP contribution in [-0.2, 0) is 4.74 Å².